The van der Waals surface area contributed by atoms with E-state index >= 15 is 0 Å². The molecule has 22 heavy (non-hydrogen) atoms. The van der Waals surface area contributed by atoms with Crippen LogP contribution in [0.1, 0.15) is 25.1 Å². The van der Waals surface area contributed by atoms with Gasteiger partial charge >= 0.3 is 6.18 Å². The molecule has 10 heteroatoms. The van der Waals surface area contributed by atoms with Crippen LogP contribution in [0.25, 0.3) is 0 Å². The van der Waals surface area contributed by atoms with Crippen LogP contribution in [0.15, 0.2) is 12.3 Å². The van der Waals surface area contributed by atoms with Gasteiger partial charge in [0.1, 0.15) is 11.6 Å². The molecule has 1 saturated heterocycles. The standard InChI is InChI=1S/C12H17F3N4O2S/c13-12(14,15)4-8-22(20,21)17-9-10-16-5-3-11(18-10)19-6-1-2-7-19/h3,5,17H,1-2,4,6-9H2. The molecule has 1 aromatic heterocycles. The van der Waals surface area contributed by atoms with Crippen molar-refractivity contribution in [3.05, 3.63) is 18.1 Å². The lowest BCUT2D eigenvalue weighted by molar-refractivity contribution is -0.129. The first-order valence-electron chi connectivity index (χ1n) is 6.86. The molecule has 1 aliphatic rings. The second-order valence-electron chi connectivity index (χ2n) is 5.03. The summed E-state index contributed by atoms with van der Waals surface area (Å²) in [7, 11) is -4.01. The van der Waals surface area contributed by atoms with Gasteiger partial charge in [-0.1, -0.05) is 0 Å². The van der Waals surface area contributed by atoms with E-state index in [9.17, 15) is 21.6 Å². The van der Waals surface area contributed by atoms with Crippen LogP contribution in [-0.2, 0) is 16.6 Å². The summed E-state index contributed by atoms with van der Waals surface area (Å²) in [5.41, 5.74) is 0. The number of sulfonamides is 1. The van der Waals surface area contributed by atoms with E-state index in [-0.39, 0.29) is 12.4 Å². The Morgan fingerprint density at radius 1 is 1.27 bits per heavy atom. The Hall–Kier alpha value is -1.42. The second-order valence-corrected chi connectivity index (χ2v) is 6.96. The van der Waals surface area contributed by atoms with Gasteiger partial charge in [-0.2, -0.15) is 13.2 Å². The van der Waals surface area contributed by atoms with Crippen LogP contribution in [0.4, 0.5) is 19.0 Å². The first-order valence-corrected chi connectivity index (χ1v) is 8.51. The van der Waals surface area contributed by atoms with Gasteiger partial charge in [-0.3, -0.25) is 0 Å². The average Bonchev–Trinajstić information content (AvgIpc) is 2.97. The lowest BCUT2D eigenvalue weighted by Crippen LogP contribution is -2.29. The molecule has 1 fully saturated rings. The minimum atomic E-state index is -4.50. The predicted octanol–water partition coefficient (Wildman–Crippen LogP) is 1.45. The van der Waals surface area contributed by atoms with Crippen LogP contribution >= 0.6 is 0 Å². The molecule has 6 nitrogen and oxygen atoms in total. The van der Waals surface area contributed by atoms with Crippen LogP contribution in [0.3, 0.4) is 0 Å². The Morgan fingerprint density at radius 2 is 1.95 bits per heavy atom. The average molecular weight is 338 g/mol. The van der Waals surface area contributed by atoms with E-state index in [1.165, 1.54) is 6.20 Å². The SMILES string of the molecule is O=S(=O)(CCC(F)(F)F)NCc1nccc(N2CCCC2)n1. The Labute approximate surface area is 126 Å². The summed E-state index contributed by atoms with van der Waals surface area (Å²) in [5, 5.41) is 0. The van der Waals surface area contributed by atoms with Gasteiger partial charge in [0.2, 0.25) is 10.0 Å². The van der Waals surface area contributed by atoms with Gasteiger partial charge < -0.3 is 4.90 Å². The zero-order valence-corrected chi connectivity index (χ0v) is 12.6. The van der Waals surface area contributed by atoms with E-state index in [1.54, 1.807) is 6.07 Å². The maximum absolute atomic E-state index is 12.1. The normalized spacial score (nSPS) is 16.2. The third-order valence-corrected chi connectivity index (χ3v) is 4.55. The lowest BCUT2D eigenvalue weighted by atomic mass is 10.4. The van der Waals surface area contributed by atoms with E-state index in [1.807, 2.05) is 0 Å². The molecule has 1 N–H and O–H groups in total. The maximum Gasteiger partial charge on any atom is 0.390 e. The van der Waals surface area contributed by atoms with Gasteiger partial charge in [0.05, 0.1) is 18.7 Å². The van der Waals surface area contributed by atoms with E-state index in [0.717, 1.165) is 25.9 Å². The summed E-state index contributed by atoms with van der Waals surface area (Å²) in [6, 6.07) is 1.73. The highest BCUT2D eigenvalue weighted by molar-refractivity contribution is 7.89. The Balaban J connectivity index is 1.92. The van der Waals surface area contributed by atoms with Crippen molar-refractivity contribution < 1.29 is 21.6 Å². The number of alkyl halides is 3. The van der Waals surface area contributed by atoms with Crippen molar-refractivity contribution in [1.29, 1.82) is 0 Å². The maximum atomic E-state index is 12.1. The van der Waals surface area contributed by atoms with Gasteiger partial charge in [0, 0.05) is 19.3 Å². The summed E-state index contributed by atoms with van der Waals surface area (Å²) < 4.78 is 61.3. The number of hydrogen-bond acceptors (Lipinski definition) is 5. The van der Waals surface area contributed by atoms with E-state index in [0.29, 0.717) is 5.82 Å². The molecular weight excluding hydrogens is 321 g/mol. The fourth-order valence-electron chi connectivity index (χ4n) is 2.09. The van der Waals surface area contributed by atoms with Crippen LogP contribution in [0.5, 0.6) is 0 Å². The summed E-state index contributed by atoms with van der Waals surface area (Å²) in [6.07, 6.45) is -2.22. The number of anilines is 1. The Bertz CT molecular complexity index is 601. The largest absolute Gasteiger partial charge is 0.390 e. The van der Waals surface area contributed by atoms with Crippen LogP contribution in [0, 0.1) is 0 Å². The predicted molar refractivity (Wildman–Crippen MR) is 74.8 cm³/mol. The molecule has 0 atom stereocenters. The quantitative estimate of drug-likeness (QED) is 0.850. The molecule has 0 amide bonds. The van der Waals surface area contributed by atoms with Crippen molar-refractivity contribution in [2.24, 2.45) is 0 Å². The third-order valence-electron chi connectivity index (χ3n) is 3.23. The minimum Gasteiger partial charge on any atom is -0.357 e. The molecule has 0 spiro atoms. The molecule has 2 rings (SSSR count). The molecule has 124 valence electrons. The van der Waals surface area contributed by atoms with Crippen molar-refractivity contribution in [2.45, 2.75) is 32.0 Å². The summed E-state index contributed by atoms with van der Waals surface area (Å²) in [6.45, 7) is 1.55. The summed E-state index contributed by atoms with van der Waals surface area (Å²) in [4.78, 5) is 10.2. The van der Waals surface area contributed by atoms with E-state index in [4.69, 9.17) is 0 Å². The first kappa shape index (κ1) is 16.9. The minimum absolute atomic E-state index is 0.220. The highest BCUT2D eigenvalue weighted by Crippen LogP contribution is 2.20. The monoisotopic (exact) mass is 338 g/mol. The second kappa shape index (κ2) is 6.78. The zero-order chi connectivity index (χ0) is 16.2. The van der Waals surface area contributed by atoms with Gasteiger partial charge in [0.15, 0.2) is 0 Å². The number of aromatic nitrogens is 2. The molecule has 0 unspecified atom stereocenters. The fourth-order valence-corrected chi connectivity index (χ4v) is 3.09. The number of hydrogen-bond donors (Lipinski definition) is 1. The highest BCUT2D eigenvalue weighted by atomic mass is 32.2. The smallest absolute Gasteiger partial charge is 0.357 e. The third kappa shape index (κ3) is 5.41. The summed E-state index contributed by atoms with van der Waals surface area (Å²) >= 11 is 0. The molecule has 1 aromatic rings. The highest BCUT2D eigenvalue weighted by Gasteiger charge is 2.29. The van der Waals surface area contributed by atoms with Gasteiger partial charge in [-0.25, -0.2) is 23.1 Å². The van der Waals surface area contributed by atoms with E-state index in [2.05, 4.69) is 19.6 Å². The zero-order valence-electron chi connectivity index (χ0n) is 11.8. The molecular formula is C12H17F3N4O2S. The van der Waals surface area contributed by atoms with Crippen molar-refractivity contribution in [2.75, 3.05) is 23.7 Å². The van der Waals surface area contributed by atoms with Crippen LogP contribution in [0.2, 0.25) is 0 Å². The molecule has 0 radical (unpaired) electrons. The molecule has 2 heterocycles. The van der Waals surface area contributed by atoms with Crippen LogP contribution in [-0.4, -0.2) is 43.4 Å². The molecule has 1 aliphatic heterocycles. The Morgan fingerprint density at radius 3 is 2.59 bits per heavy atom. The lowest BCUT2D eigenvalue weighted by Gasteiger charge is -2.16. The molecule has 0 aliphatic carbocycles. The topological polar surface area (TPSA) is 75.2 Å². The van der Waals surface area contributed by atoms with Crippen molar-refractivity contribution >= 4 is 15.8 Å². The van der Waals surface area contributed by atoms with Crippen molar-refractivity contribution in [3.63, 3.8) is 0 Å². The fraction of sp³-hybridized carbons (Fsp3) is 0.667. The van der Waals surface area contributed by atoms with Crippen molar-refractivity contribution in [3.8, 4) is 0 Å². The first-order chi connectivity index (χ1) is 10.3. The number of nitrogens with one attached hydrogen (secondary N) is 1. The molecule has 0 aromatic carbocycles. The van der Waals surface area contributed by atoms with E-state index < -0.39 is 28.4 Å². The number of nitrogens with zero attached hydrogens (tertiary/aromatic N) is 3. The Kier molecular flexibility index (Phi) is 5.22. The van der Waals surface area contributed by atoms with Crippen LogP contribution < -0.4 is 9.62 Å². The molecule has 0 saturated carbocycles. The molecule has 0 bridgehead atoms. The van der Waals surface area contributed by atoms with Crippen molar-refractivity contribution in [1.82, 2.24) is 14.7 Å². The van der Waals surface area contributed by atoms with Gasteiger partial charge in [-0.05, 0) is 18.9 Å². The summed E-state index contributed by atoms with van der Waals surface area (Å²) in [5.74, 6) is -0.0561. The van der Waals surface area contributed by atoms with Gasteiger partial charge in [-0.15, -0.1) is 0 Å². The van der Waals surface area contributed by atoms with Gasteiger partial charge in [0.25, 0.3) is 0 Å². The number of rotatable bonds is 6. The number of halogens is 3.